The molecule has 1 atom stereocenters. The summed E-state index contributed by atoms with van der Waals surface area (Å²) in [4.78, 5) is 4.25. The van der Waals surface area contributed by atoms with Crippen LogP contribution in [0.25, 0.3) is 11.1 Å². The van der Waals surface area contributed by atoms with Gasteiger partial charge in [0.25, 0.3) is 5.22 Å². The van der Waals surface area contributed by atoms with Gasteiger partial charge in [0.05, 0.1) is 6.07 Å². The van der Waals surface area contributed by atoms with Crippen LogP contribution in [-0.2, 0) is 0 Å². The number of benzene rings is 1. The molecular formula is C10H9N3OS. The van der Waals surface area contributed by atoms with Crippen LogP contribution in [0.5, 0.6) is 0 Å². The molecule has 2 aromatic rings. The van der Waals surface area contributed by atoms with E-state index in [0.717, 1.165) is 11.1 Å². The minimum Gasteiger partial charge on any atom is -0.431 e. The molecular weight excluding hydrogens is 210 g/mol. The molecule has 0 bridgehead atoms. The highest BCUT2D eigenvalue weighted by Gasteiger charge is 2.07. The molecule has 5 heteroatoms. The number of fused-ring (bicyclic) bond motifs is 1. The standard InChI is InChI=1S/C10H9N3OS/c11-5-7(12)6-15-10-13-8-3-1-2-4-9(8)14-10/h1-4,7H,6,12H2. The van der Waals surface area contributed by atoms with E-state index in [1.165, 1.54) is 11.8 Å². The maximum Gasteiger partial charge on any atom is 0.256 e. The highest BCUT2D eigenvalue weighted by atomic mass is 32.2. The van der Waals surface area contributed by atoms with Gasteiger partial charge in [-0.3, -0.25) is 0 Å². The molecule has 1 aromatic heterocycles. The van der Waals surface area contributed by atoms with Crippen LogP contribution in [0.3, 0.4) is 0 Å². The minimum absolute atomic E-state index is 0.481. The molecule has 1 unspecified atom stereocenters. The molecule has 0 aliphatic carbocycles. The summed E-state index contributed by atoms with van der Waals surface area (Å²) < 4.78 is 5.45. The van der Waals surface area contributed by atoms with Gasteiger partial charge in [0.15, 0.2) is 5.58 Å². The fourth-order valence-corrected chi connectivity index (χ4v) is 1.82. The molecule has 2 rings (SSSR count). The van der Waals surface area contributed by atoms with Crippen molar-refractivity contribution < 1.29 is 4.42 Å². The van der Waals surface area contributed by atoms with Crippen molar-refractivity contribution in [3.05, 3.63) is 24.3 Å². The largest absolute Gasteiger partial charge is 0.431 e. The fraction of sp³-hybridized carbons (Fsp3) is 0.200. The Bertz CT molecular complexity index is 470. The van der Waals surface area contributed by atoms with E-state index < -0.39 is 6.04 Å². The van der Waals surface area contributed by atoms with Crippen molar-refractivity contribution in [3.8, 4) is 6.07 Å². The van der Waals surface area contributed by atoms with Gasteiger partial charge in [-0.1, -0.05) is 23.9 Å². The van der Waals surface area contributed by atoms with E-state index in [-0.39, 0.29) is 0 Å². The van der Waals surface area contributed by atoms with Gasteiger partial charge in [0.2, 0.25) is 0 Å². The van der Waals surface area contributed by atoms with E-state index in [0.29, 0.717) is 11.0 Å². The Balaban J connectivity index is 2.13. The molecule has 0 aliphatic heterocycles. The van der Waals surface area contributed by atoms with Gasteiger partial charge in [0, 0.05) is 5.75 Å². The summed E-state index contributed by atoms with van der Waals surface area (Å²) in [5, 5.41) is 9.07. The van der Waals surface area contributed by atoms with Crippen molar-refractivity contribution in [1.82, 2.24) is 4.98 Å². The summed E-state index contributed by atoms with van der Waals surface area (Å²) in [5.41, 5.74) is 7.04. The summed E-state index contributed by atoms with van der Waals surface area (Å²) in [6, 6.07) is 9.01. The molecule has 76 valence electrons. The van der Waals surface area contributed by atoms with Crippen LogP contribution in [0, 0.1) is 11.3 Å². The maximum atomic E-state index is 8.51. The summed E-state index contributed by atoms with van der Waals surface area (Å²) in [6.07, 6.45) is 0. The highest BCUT2D eigenvalue weighted by molar-refractivity contribution is 7.99. The Morgan fingerprint density at radius 3 is 3.07 bits per heavy atom. The van der Waals surface area contributed by atoms with Crippen LogP contribution in [0.15, 0.2) is 33.9 Å². The van der Waals surface area contributed by atoms with Crippen LogP contribution in [-0.4, -0.2) is 16.8 Å². The number of nitrogens with two attached hydrogens (primary N) is 1. The number of para-hydroxylation sites is 2. The highest BCUT2D eigenvalue weighted by Crippen LogP contribution is 2.23. The minimum atomic E-state index is -0.481. The SMILES string of the molecule is N#CC(N)CSc1nc2ccccc2o1. The first-order valence-electron chi connectivity index (χ1n) is 4.43. The average Bonchev–Trinajstić information content (AvgIpc) is 2.68. The van der Waals surface area contributed by atoms with Gasteiger partial charge in [-0.25, -0.2) is 4.98 Å². The van der Waals surface area contributed by atoms with Gasteiger partial charge in [-0.05, 0) is 12.1 Å². The van der Waals surface area contributed by atoms with Crippen molar-refractivity contribution in [2.45, 2.75) is 11.3 Å². The summed E-state index contributed by atoms with van der Waals surface area (Å²) >= 11 is 1.35. The molecule has 4 nitrogen and oxygen atoms in total. The van der Waals surface area contributed by atoms with Gasteiger partial charge in [-0.2, -0.15) is 5.26 Å². The van der Waals surface area contributed by atoms with E-state index in [2.05, 4.69) is 4.98 Å². The lowest BCUT2D eigenvalue weighted by molar-refractivity contribution is 0.489. The van der Waals surface area contributed by atoms with Crippen molar-refractivity contribution in [3.63, 3.8) is 0 Å². The predicted molar refractivity (Wildman–Crippen MR) is 58.3 cm³/mol. The smallest absolute Gasteiger partial charge is 0.256 e. The van der Waals surface area contributed by atoms with Crippen molar-refractivity contribution >= 4 is 22.9 Å². The van der Waals surface area contributed by atoms with Crippen LogP contribution < -0.4 is 5.73 Å². The molecule has 2 N–H and O–H groups in total. The van der Waals surface area contributed by atoms with Gasteiger partial charge in [-0.15, -0.1) is 0 Å². The molecule has 0 fully saturated rings. The van der Waals surface area contributed by atoms with Crippen molar-refractivity contribution in [2.24, 2.45) is 5.73 Å². The van der Waals surface area contributed by atoms with Crippen molar-refractivity contribution in [1.29, 1.82) is 5.26 Å². The molecule has 1 aromatic carbocycles. The molecule has 15 heavy (non-hydrogen) atoms. The van der Waals surface area contributed by atoms with Crippen LogP contribution in [0.4, 0.5) is 0 Å². The Morgan fingerprint density at radius 1 is 1.53 bits per heavy atom. The van der Waals surface area contributed by atoms with E-state index in [4.69, 9.17) is 15.4 Å². The monoisotopic (exact) mass is 219 g/mol. The van der Waals surface area contributed by atoms with Gasteiger partial charge < -0.3 is 10.2 Å². The van der Waals surface area contributed by atoms with Gasteiger partial charge in [0.1, 0.15) is 11.6 Å². The lowest BCUT2D eigenvalue weighted by Gasteiger charge is -1.96. The normalized spacial score (nSPS) is 12.5. The molecule has 1 heterocycles. The first kappa shape index (κ1) is 10.0. The average molecular weight is 219 g/mol. The number of oxazole rings is 1. The molecule has 0 amide bonds. The predicted octanol–water partition coefficient (Wildman–Crippen LogP) is 1.77. The van der Waals surface area contributed by atoms with E-state index in [9.17, 15) is 0 Å². The zero-order valence-electron chi connectivity index (χ0n) is 7.88. The van der Waals surface area contributed by atoms with Crippen LogP contribution in [0.2, 0.25) is 0 Å². The Morgan fingerprint density at radius 2 is 2.33 bits per heavy atom. The number of hydrogen-bond acceptors (Lipinski definition) is 5. The molecule has 0 saturated heterocycles. The second-order valence-electron chi connectivity index (χ2n) is 2.99. The number of rotatable bonds is 3. The summed E-state index contributed by atoms with van der Waals surface area (Å²) in [6.45, 7) is 0. The second-order valence-corrected chi connectivity index (χ2v) is 3.97. The summed E-state index contributed by atoms with van der Waals surface area (Å²) in [5.74, 6) is 0.489. The molecule has 0 radical (unpaired) electrons. The third-order valence-electron chi connectivity index (χ3n) is 1.83. The zero-order chi connectivity index (χ0) is 10.7. The van der Waals surface area contributed by atoms with Crippen LogP contribution in [0.1, 0.15) is 0 Å². The van der Waals surface area contributed by atoms with Crippen LogP contribution >= 0.6 is 11.8 Å². The molecule has 0 spiro atoms. The van der Waals surface area contributed by atoms with E-state index in [1.54, 1.807) is 0 Å². The topological polar surface area (TPSA) is 75.8 Å². The number of aromatic nitrogens is 1. The van der Waals surface area contributed by atoms with E-state index >= 15 is 0 Å². The first-order valence-corrected chi connectivity index (χ1v) is 5.42. The second kappa shape index (κ2) is 4.34. The number of thioether (sulfide) groups is 1. The summed E-state index contributed by atoms with van der Waals surface area (Å²) in [7, 11) is 0. The quantitative estimate of drug-likeness (QED) is 0.796. The molecule has 0 saturated carbocycles. The maximum absolute atomic E-state index is 8.51. The third-order valence-corrected chi connectivity index (χ3v) is 2.77. The fourth-order valence-electron chi connectivity index (χ4n) is 1.11. The lowest BCUT2D eigenvalue weighted by Crippen LogP contribution is -2.19. The zero-order valence-corrected chi connectivity index (χ0v) is 8.70. The number of hydrogen-bond donors (Lipinski definition) is 1. The lowest BCUT2D eigenvalue weighted by atomic mass is 10.3. The van der Waals surface area contributed by atoms with Gasteiger partial charge >= 0.3 is 0 Å². The molecule has 0 aliphatic rings. The number of nitriles is 1. The number of nitrogens with zero attached hydrogens (tertiary/aromatic N) is 2. The third kappa shape index (κ3) is 2.29. The Hall–Kier alpha value is -1.51. The van der Waals surface area contributed by atoms with E-state index in [1.807, 2.05) is 30.3 Å². The first-order chi connectivity index (χ1) is 7.29. The van der Waals surface area contributed by atoms with Crippen molar-refractivity contribution in [2.75, 3.05) is 5.75 Å². The Labute approximate surface area is 91.1 Å². The Kier molecular flexibility index (Phi) is 2.90.